The summed E-state index contributed by atoms with van der Waals surface area (Å²) >= 11 is 0. The molecule has 1 fully saturated rings. The van der Waals surface area contributed by atoms with Crippen LogP contribution in [0.15, 0.2) is 41.1 Å². The average Bonchev–Trinajstić information content (AvgIpc) is 3.19. The second-order valence-electron chi connectivity index (χ2n) is 6.11. The predicted molar refractivity (Wildman–Crippen MR) is 102 cm³/mol. The van der Waals surface area contributed by atoms with Gasteiger partial charge in [-0.15, -0.1) is 12.4 Å². The molecule has 8 heteroatoms. The highest BCUT2D eigenvalue weighted by molar-refractivity contribution is 5.85. The molecule has 2 N–H and O–H groups in total. The van der Waals surface area contributed by atoms with Gasteiger partial charge in [-0.2, -0.15) is 4.98 Å². The normalized spacial score (nSPS) is 14.1. The first-order chi connectivity index (χ1) is 12.3. The van der Waals surface area contributed by atoms with E-state index in [4.69, 9.17) is 10.3 Å². The van der Waals surface area contributed by atoms with Crippen LogP contribution < -0.4 is 10.6 Å². The molecule has 136 valence electrons. The molecule has 3 aromatic rings. The molecule has 1 aliphatic heterocycles. The molecule has 0 aliphatic carbocycles. The van der Waals surface area contributed by atoms with Crippen molar-refractivity contribution in [2.45, 2.75) is 25.8 Å². The number of halogens is 1. The van der Waals surface area contributed by atoms with Gasteiger partial charge >= 0.3 is 0 Å². The van der Waals surface area contributed by atoms with Crippen LogP contribution in [0.4, 0.5) is 5.95 Å². The fourth-order valence-electron chi connectivity index (χ4n) is 2.95. The molecular formula is C18H21ClN6O. The van der Waals surface area contributed by atoms with E-state index < -0.39 is 0 Å². The van der Waals surface area contributed by atoms with Gasteiger partial charge in [0.25, 0.3) is 5.89 Å². The third kappa shape index (κ3) is 3.84. The molecular weight excluding hydrogens is 352 g/mol. The van der Waals surface area contributed by atoms with Gasteiger partial charge < -0.3 is 15.2 Å². The van der Waals surface area contributed by atoms with Crippen LogP contribution in [-0.2, 0) is 6.54 Å². The van der Waals surface area contributed by atoms with E-state index in [1.54, 1.807) is 12.3 Å². The smallest absolute Gasteiger partial charge is 0.277 e. The van der Waals surface area contributed by atoms with Crippen molar-refractivity contribution in [1.82, 2.24) is 20.1 Å². The van der Waals surface area contributed by atoms with Crippen LogP contribution in [0.1, 0.15) is 24.8 Å². The Balaban J connectivity index is 0.00000196. The Morgan fingerprint density at radius 2 is 1.77 bits per heavy atom. The molecule has 0 radical (unpaired) electrons. The maximum Gasteiger partial charge on any atom is 0.277 e. The number of nitrogens with zero attached hydrogens (tertiary/aromatic N) is 5. The molecule has 0 bridgehead atoms. The Morgan fingerprint density at radius 1 is 1.00 bits per heavy atom. The first-order valence-corrected chi connectivity index (χ1v) is 8.55. The zero-order valence-corrected chi connectivity index (χ0v) is 15.2. The Kier molecular flexibility index (Phi) is 5.80. The van der Waals surface area contributed by atoms with Gasteiger partial charge in [-0.3, -0.25) is 0 Å². The van der Waals surface area contributed by atoms with E-state index in [0.717, 1.165) is 30.2 Å². The summed E-state index contributed by atoms with van der Waals surface area (Å²) in [6, 6.07) is 9.60. The molecule has 1 aromatic carbocycles. The van der Waals surface area contributed by atoms with Gasteiger partial charge in [-0.05, 0) is 30.9 Å². The topological polar surface area (TPSA) is 94.0 Å². The van der Waals surface area contributed by atoms with E-state index in [9.17, 15) is 0 Å². The van der Waals surface area contributed by atoms with E-state index in [0.29, 0.717) is 24.0 Å². The first kappa shape index (κ1) is 18.3. The lowest BCUT2D eigenvalue weighted by Gasteiger charge is -2.26. The van der Waals surface area contributed by atoms with Gasteiger partial charge in [0.1, 0.15) is 5.69 Å². The maximum absolute atomic E-state index is 5.63. The minimum absolute atomic E-state index is 0. The monoisotopic (exact) mass is 372 g/mol. The van der Waals surface area contributed by atoms with Crippen LogP contribution >= 0.6 is 12.4 Å². The van der Waals surface area contributed by atoms with Crippen LogP contribution in [-0.4, -0.2) is 33.2 Å². The van der Waals surface area contributed by atoms with Gasteiger partial charge in [0.15, 0.2) is 0 Å². The van der Waals surface area contributed by atoms with E-state index in [2.05, 4.69) is 25.0 Å². The third-order valence-corrected chi connectivity index (χ3v) is 4.37. The van der Waals surface area contributed by atoms with Gasteiger partial charge in [0.2, 0.25) is 11.8 Å². The summed E-state index contributed by atoms with van der Waals surface area (Å²) in [5.41, 5.74) is 8.22. The second kappa shape index (κ2) is 8.25. The lowest BCUT2D eigenvalue weighted by molar-refractivity contribution is 0.431. The fourth-order valence-corrected chi connectivity index (χ4v) is 2.95. The van der Waals surface area contributed by atoms with E-state index in [-0.39, 0.29) is 12.4 Å². The number of hydrogen-bond acceptors (Lipinski definition) is 7. The highest BCUT2D eigenvalue weighted by Gasteiger charge is 2.17. The molecule has 0 saturated carbocycles. The van der Waals surface area contributed by atoms with Crippen LogP contribution in [0, 0.1) is 0 Å². The quantitative estimate of drug-likeness (QED) is 0.752. The fraction of sp³-hybridized carbons (Fsp3) is 0.333. The number of piperidine rings is 1. The lowest BCUT2D eigenvalue weighted by Crippen LogP contribution is -2.30. The number of benzene rings is 1. The summed E-state index contributed by atoms with van der Waals surface area (Å²) in [6.45, 7) is 2.50. The van der Waals surface area contributed by atoms with Crippen molar-refractivity contribution in [3.05, 3.63) is 42.1 Å². The lowest BCUT2D eigenvalue weighted by atomic mass is 10.1. The molecule has 2 aromatic heterocycles. The van der Waals surface area contributed by atoms with Crippen LogP contribution in [0.5, 0.6) is 0 Å². The van der Waals surface area contributed by atoms with Crippen LogP contribution in [0.3, 0.4) is 0 Å². The summed E-state index contributed by atoms with van der Waals surface area (Å²) in [5, 5.41) is 4.07. The predicted octanol–water partition coefficient (Wildman–Crippen LogP) is 3.06. The van der Waals surface area contributed by atoms with Crippen molar-refractivity contribution >= 4 is 18.4 Å². The zero-order chi connectivity index (χ0) is 17.1. The molecule has 1 saturated heterocycles. The molecule has 7 nitrogen and oxygen atoms in total. The summed E-state index contributed by atoms with van der Waals surface area (Å²) < 4.78 is 5.41. The van der Waals surface area contributed by atoms with Crippen molar-refractivity contribution in [3.63, 3.8) is 0 Å². The summed E-state index contributed by atoms with van der Waals surface area (Å²) in [6.07, 6.45) is 5.37. The minimum atomic E-state index is 0. The molecule has 0 atom stereocenters. The van der Waals surface area contributed by atoms with Crippen molar-refractivity contribution in [3.8, 4) is 23.0 Å². The molecule has 1 aliphatic rings. The Bertz CT molecular complexity index is 845. The number of rotatable bonds is 4. The van der Waals surface area contributed by atoms with E-state index >= 15 is 0 Å². The third-order valence-electron chi connectivity index (χ3n) is 4.37. The first-order valence-electron chi connectivity index (χ1n) is 8.55. The maximum atomic E-state index is 5.63. The summed E-state index contributed by atoms with van der Waals surface area (Å²) in [7, 11) is 0. The van der Waals surface area contributed by atoms with Gasteiger partial charge in [0.05, 0.1) is 0 Å². The average molecular weight is 373 g/mol. The molecule has 0 spiro atoms. The number of nitrogens with two attached hydrogens (primary N) is 1. The molecule has 3 heterocycles. The molecule has 26 heavy (non-hydrogen) atoms. The van der Waals surface area contributed by atoms with Gasteiger partial charge in [-0.1, -0.05) is 29.4 Å². The standard InChI is InChI=1S/C18H20N6O.ClH/c19-12-13-4-6-14(7-5-13)16-22-17(25-23-16)15-8-9-20-18(21-15)24-10-2-1-3-11-24;/h4-9H,1-3,10-12,19H2;1H. The van der Waals surface area contributed by atoms with Crippen LogP contribution in [0.25, 0.3) is 23.0 Å². The molecule has 0 unspecified atom stereocenters. The summed E-state index contributed by atoms with van der Waals surface area (Å²) in [5.74, 6) is 1.67. The Morgan fingerprint density at radius 3 is 2.50 bits per heavy atom. The SMILES string of the molecule is Cl.NCc1ccc(-c2noc(-c3ccnc(N4CCCCC4)n3)n2)cc1. The van der Waals surface area contributed by atoms with Gasteiger partial charge in [0, 0.05) is 31.4 Å². The van der Waals surface area contributed by atoms with Crippen molar-refractivity contribution in [2.24, 2.45) is 5.73 Å². The van der Waals surface area contributed by atoms with Crippen molar-refractivity contribution in [2.75, 3.05) is 18.0 Å². The number of hydrogen-bond donors (Lipinski definition) is 1. The molecule has 0 amide bonds. The second-order valence-corrected chi connectivity index (χ2v) is 6.11. The highest BCUT2D eigenvalue weighted by Crippen LogP contribution is 2.23. The Labute approximate surface area is 158 Å². The minimum Gasteiger partial charge on any atom is -0.341 e. The summed E-state index contributed by atoms with van der Waals surface area (Å²) in [4.78, 5) is 15.7. The highest BCUT2D eigenvalue weighted by atomic mass is 35.5. The van der Waals surface area contributed by atoms with Crippen LogP contribution in [0.2, 0.25) is 0 Å². The Hall–Kier alpha value is -2.51. The largest absolute Gasteiger partial charge is 0.341 e. The van der Waals surface area contributed by atoms with Crippen molar-refractivity contribution < 1.29 is 4.52 Å². The van der Waals surface area contributed by atoms with Crippen molar-refractivity contribution in [1.29, 1.82) is 0 Å². The van der Waals surface area contributed by atoms with E-state index in [1.165, 1.54) is 19.3 Å². The zero-order valence-electron chi connectivity index (χ0n) is 14.3. The number of anilines is 1. The van der Waals surface area contributed by atoms with E-state index in [1.807, 2.05) is 24.3 Å². The number of aromatic nitrogens is 4. The van der Waals surface area contributed by atoms with Gasteiger partial charge in [-0.25, -0.2) is 9.97 Å². The molecule has 4 rings (SSSR count).